The molecule has 0 aliphatic rings. The van der Waals surface area contributed by atoms with Crippen LogP contribution in [0, 0.1) is 0 Å². The number of thiophene rings is 1. The van der Waals surface area contributed by atoms with E-state index < -0.39 is 0 Å². The zero-order valence-corrected chi connectivity index (χ0v) is 12.1. The van der Waals surface area contributed by atoms with Gasteiger partial charge in [0.05, 0.1) is 0 Å². The molecular formula is C9H13BrClNS2. The summed E-state index contributed by atoms with van der Waals surface area (Å²) < 4.78 is 1.83. The monoisotopic (exact) mass is 313 g/mol. The minimum atomic E-state index is 0.661. The first-order valence-electron chi connectivity index (χ1n) is 4.30. The zero-order chi connectivity index (χ0) is 10.6. The Bertz CT molecular complexity index is 271. The lowest BCUT2D eigenvalue weighted by Gasteiger charge is -2.08. The van der Waals surface area contributed by atoms with Gasteiger partial charge in [-0.2, -0.15) is 11.8 Å². The van der Waals surface area contributed by atoms with Crippen molar-refractivity contribution in [1.82, 2.24) is 5.32 Å². The third-order valence-electron chi connectivity index (χ3n) is 1.83. The largest absolute Gasteiger partial charge is 0.311 e. The first-order chi connectivity index (χ1) is 6.63. The van der Waals surface area contributed by atoms with Gasteiger partial charge in [-0.25, -0.2) is 0 Å². The van der Waals surface area contributed by atoms with E-state index in [1.165, 1.54) is 4.88 Å². The molecule has 0 radical (unpaired) electrons. The molecule has 0 fully saturated rings. The Morgan fingerprint density at radius 3 is 2.93 bits per heavy atom. The van der Waals surface area contributed by atoms with E-state index in [0.29, 0.717) is 5.25 Å². The summed E-state index contributed by atoms with van der Waals surface area (Å²) in [5.74, 6) is 0. The van der Waals surface area contributed by atoms with E-state index in [-0.39, 0.29) is 0 Å². The van der Waals surface area contributed by atoms with Crippen LogP contribution >= 0.6 is 50.6 Å². The molecule has 0 amide bonds. The first-order valence-corrected chi connectivity index (χ1v) is 7.58. The molecule has 0 aliphatic heterocycles. The van der Waals surface area contributed by atoms with E-state index in [4.69, 9.17) is 11.6 Å². The second-order valence-corrected chi connectivity index (χ2v) is 6.88. The van der Waals surface area contributed by atoms with Gasteiger partial charge in [0.15, 0.2) is 0 Å². The minimum Gasteiger partial charge on any atom is -0.311 e. The van der Waals surface area contributed by atoms with Crippen molar-refractivity contribution in [3.8, 4) is 0 Å². The lowest BCUT2D eigenvalue weighted by molar-refractivity contribution is 0.691. The average Bonchev–Trinajstić information content (AvgIpc) is 2.46. The summed E-state index contributed by atoms with van der Waals surface area (Å²) in [5.41, 5.74) is 0. The summed E-state index contributed by atoms with van der Waals surface area (Å²) >= 11 is 12.8. The van der Waals surface area contributed by atoms with Crippen LogP contribution in [0.4, 0.5) is 0 Å². The summed E-state index contributed by atoms with van der Waals surface area (Å²) in [4.78, 5) is 1.27. The molecule has 0 aliphatic carbocycles. The average molecular weight is 315 g/mol. The predicted molar refractivity (Wildman–Crippen MR) is 71.7 cm³/mol. The molecule has 1 aromatic heterocycles. The zero-order valence-electron chi connectivity index (χ0n) is 8.14. The maximum Gasteiger partial charge on any atom is 0.107 e. The van der Waals surface area contributed by atoms with Gasteiger partial charge < -0.3 is 5.32 Å². The molecule has 0 spiro atoms. The van der Waals surface area contributed by atoms with Crippen LogP contribution in [0.3, 0.4) is 0 Å². The lowest BCUT2D eigenvalue weighted by atomic mass is 10.4. The van der Waals surface area contributed by atoms with Crippen LogP contribution in [0.25, 0.3) is 0 Å². The molecule has 1 N–H and O–H groups in total. The topological polar surface area (TPSA) is 12.0 Å². The highest BCUT2D eigenvalue weighted by atomic mass is 79.9. The van der Waals surface area contributed by atoms with Gasteiger partial charge in [-0.3, -0.25) is 0 Å². The standard InChI is InChI=1S/C9H13BrClNS2/c1-6(13-2)4-12-5-7-3-8(10)9(11)14-7/h3,6,12H,4-5H2,1-2H3. The maximum absolute atomic E-state index is 5.94. The molecule has 80 valence electrons. The van der Waals surface area contributed by atoms with Crippen molar-refractivity contribution < 1.29 is 0 Å². The van der Waals surface area contributed by atoms with Crippen molar-refractivity contribution in [3.63, 3.8) is 0 Å². The van der Waals surface area contributed by atoms with Crippen molar-refractivity contribution >= 4 is 50.6 Å². The lowest BCUT2D eigenvalue weighted by Crippen LogP contribution is -2.21. The Balaban J connectivity index is 2.31. The fourth-order valence-corrected chi connectivity index (χ4v) is 3.01. The van der Waals surface area contributed by atoms with E-state index in [1.54, 1.807) is 11.3 Å². The summed E-state index contributed by atoms with van der Waals surface area (Å²) in [5, 5.41) is 4.06. The minimum absolute atomic E-state index is 0.661. The summed E-state index contributed by atoms with van der Waals surface area (Å²) in [6.07, 6.45) is 2.13. The van der Waals surface area contributed by atoms with Crippen LogP contribution in [0.1, 0.15) is 11.8 Å². The molecule has 1 aromatic rings. The van der Waals surface area contributed by atoms with Gasteiger partial charge in [0.2, 0.25) is 0 Å². The van der Waals surface area contributed by atoms with Crippen molar-refractivity contribution in [2.45, 2.75) is 18.7 Å². The SMILES string of the molecule is CSC(C)CNCc1cc(Br)c(Cl)s1. The van der Waals surface area contributed by atoms with Crippen molar-refractivity contribution in [3.05, 3.63) is 19.8 Å². The van der Waals surface area contributed by atoms with Gasteiger partial charge in [0, 0.05) is 27.7 Å². The maximum atomic E-state index is 5.94. The van der Waals surface area contributed by atoms with E-state index >= 15 is 0 Å². The quantitative estimate of drug-likeness (QED) is 0.881. The van der Waals surface area contributed by atoms with Gasteiger partial charge in [-0.1, -0.05) is 18.5 Å². The van der Waals surface area contributed by atoms with Crippen LogP contribution in [0.5, 0.6) is 0 Å². The molecular weight excluding hydrogens is 302 g/mol. The molecule has 1 unspecified atom stereocenters. The highest BCUT2D eigenvalue weighted by molar-refractivity contribution is 9.10. The fraction of sp³-hybridized carbons (Fsp3) is 0.556. The van der Waals surface area contributed by atoms with Crippen molar-refractivity contribution in [2.24, 2.45) is 0 Å². The fourth-order valence-electron chi connectivity index (χ4n) is 0.960. The third-order valence-corrected chi connectivity index (χ3v) is 5.28. The van der Waals surface area contributed by atoms with E-state index in [2.05, 4.69) is 40.5 Å². The van der Waals surface area contributed by atoms with Crippen molar-refractivity contribution in [2.75, 3.05) is 12.8 Å². The Morgan fingerprint density at radius 1 is 1.71 bits per heavy atom. The van der Waals surface area contributed by atoms with Crippen LogP contribution in [0.15, 0.2) is 10.5 Å². The summed E-state index contributed by atoms with van der Waals surface area (Å²) in [7, 11) is 0. The highest BCUT2D eigenvalue weighted by Crippen LogP contribution is 2.31. The van der Waals surface area contributed by atoms with Crippen molar-refractivity contribution in [1.29, 1.82) is 0 Å². The molecule has 1 atom stereocenters. The third kappa shape index (κ3) is 4.11. The Kier molecular flexibility index (Phi) is 5.86. The van der Waals surface area contributed by atoms with Gasteiger partial charge in [-0.15, -0.1) is 11.3 Å². The molecule has 1 nitrogen and oxygen atoms in total. The van der Waals surface area contributed by atoms with Crippen LogP contribution in [-0.4, -0.2) is 18.1 Å². The molecule has 0 saturated carbocycles. The molecule has 0 saturated heterocycles. The predicted octanol–water partition coefficient (Wildman–Crippen LogP) is 4.01. The number of hydrogen-bond donors (Lipinski definition) is 1. The molecule has 1 heterocycles. The number of rotatable bonds is 5. The smallest absolute Gasteiger partial charge is 0.107 e. The number of halogens is 2. The Hall–Kier alpha value is 0.780. The van der Waals surface area contributed by atoms with Crippen LogP contribution < -0.4 is 5.32 Å². The van der Waals surface area contributed by atoms with Gasteiger partial charge in [-0.05, 0) is 28.3 Å². The number of nitrogens with one attached hydrogen (secondary N) is 1. The first kappa shape index (κ1) is 12.8. The van der Waals surface area contributed by atoms with Crippen LogP contribution in [0.2, 0.25) is 4.34 Å². The van der Waals surface area contributed by atoms with Gasteiger partial charge in [0.1, 0.15) is 4.34 Å². The molecule has 14 heavy (non-hydrogen) atoms. The molecule has 0 aromatic carbocycles. The van der Waals surface area contributed by atoms with E-state index in [9.17, 15) is 0 Å². The van der Waals surface area contributed by atoms with E-state index in [1.807, 2.05) is 11.8 Å². The van der Waals surface area contributed by atoms with Gasteiger partial charge >= 0.3 is 0 Å². The summed E-state index contributed by atoms with van der Waals surface area (Å²) in [6.45, 7) is 4.16. The Morgan fingerprint density at radius 2 is 2.43 bits per heavy atom. The van der Waals surface area contributed by atoms with Crippen LogP contribution in [-0.2, 0) is 6.54 Å². The molecule has 0 bridgehead atoms. The Labute approximate surface area is 107 Å². The molecule has 5 heteroatoms. The normalized spacial score (nSPS) is 13.1. The second kappa shape index (κ2) is 6.38. The highest BCUT2D eigenvalue weighted by Gasteiger charge is 2.04. The number of thioether (sulfide) groups is 1. The second-order valence-electron chi connectivity index (χ2n) is 3.01. The molecule has 1 rings (SSSR count). The van der Waals surface area contributed by atoms with Gasteiger partial charge in [0.25, 0.3) is 0 Å². The van der Waals surface area contributed by atoms with E-state index in [0.717, 1.165) is 21.9 Å². The number of hydrogen-bond acceptors (Lipinski definition) is 3. The summed E-state index contributed by atoms with van der Waals surface area (Å²) in [6, 6.07) is 2.07.